The normalized spacial score (nSPS) is 22.6. The quantitative estimate of drug-likeness (QED) is 0.895. The van der Waals surface area contributed by atoms with Crippen LogP contribution in [0.15, 0.2) is 24.3 Å². The Morgan fingerprint density at radius 1 is 1.15 bits per heavy atom. The highest BCUT2D eigenvalue weighted by Crippen LogP contribution is 2.33. The van der Waals surface area contributed by atoms with Gasteiger partial charge in [0, 0.05) is 30.4 Å². The van der Waals surface area contributed by atoms with Crippen LogP contribution in [0.25, 0.3) is 0 Å². The van der Waals surface area contributed by atoms with E-state index in [2.05, 4.69) is 76.0 Å². The van der Waals surface area contributed by atoms with Crippen LogP contribution in [0.4, 0.5) is 5.69 Å². The largest absolute Gasteiger partial charge is 0.365 e. The summed E-state index contributed by atoms with van der Waals surface area (Å²) < 4.78 is 0. The van der Waals surface area contributed by atoms with Crippen LogP contribution in [0.1, 0.15) is 53.0 Å². The van der Waals surface area contributed by atoms with E-state index in [1.807, 2.05) is 0 Å². The fraction of sp³-hybridized carbons (Fsp3) is 0.667. The first-order chi connectivity index (χ1) is 9.32. The first-order valence-corrected chi connectivity index (χ1v) is 7.92. The van der Waals surface area contributed by atoms with E-state index in [0.29, 0.717) is 17.9 Å². The smallest absolute Gasteiger partial charge is 0.0438 e. The predicted molar refractivity (Wildman–Crippen MR) is 88.6 cm³/mol. The van der Waals surface area contributed by atoms with Gasteiger partial charge in [0.2, 0.25) is 0 Å². The molecule has 0 amide bonds. The van der Waals surface area contributed by atoms with Crippen molar-refractivity contribution in [3.05, 3.63) is 29.8 Å². The standard InChI is InChI=1S/C18H30N2/c1-13(2)15-9-7-8-10-16(15)20-12-18(5,6)19-11-17(20)14(3)4/h7-10,13-14,17,19H,11-12H2,1-6H3. The fourth-order valence-electron chi connectivity index (χ4n) is 3.19. The molecule has 1 aromatic carbocycles. The minimum absolute atomic E-state index is 0.176. The highest BCUT2D eigenvalue weighted by atomic mass is 15.3. The van der Waals surface area contributed by atoms with Crippen molar-refractivity contribution in [2.75, 3.05) is 18.0 Å². The van der Waals surface area contributed by atoms with Gasteiger partial charge < -0.3 is 10.2 Å². The highest BCUT2D eigenvalue weighted by Gasteiger charge is 2.34. The van der Waals surface area contributed by atoms with E-state index in [-0.39, 0.29) is 5.54 Å². The molecule has 1 atom stereocenters. The van der Waals surface area contributed by atoms with E-state index >= 15 is 0 Å². The molecule has 0 saturated carbocycles. The molecule has 2 heteroatoms. The van der Waals surface area contributed by atoms with Crippen LogP contribution in [0, 0.1) is 5.92 Å². The van der Waals surface area contributed by atoms with Crippen LogP contribution in [-0.4, -0.2) is 24.7 Å². The molecule has 2 rings (SSSR count). The third-order valence-electron chi connectivity index (χ3n) is 4.39. The summed E-state index contributed by atoms with van der Waals surface area (Å²) in [6.45, 7) is 16.0. The number of hydrogen-bond acceptors (Lipinski definition) is 2. The third kappa shape index (κ3) is 3.17. The summed E-state index contributed by atoms with van der Waals surface area (Å²) in [6, 6.07) is 9.49. The van der Waals surface area contributed by atoms with Crippen LogP contribution in [0.5, 0.6) is 0 Å². The second kappa shape index (κ2) is 5.77. The van der Waals surface area contributed by atoms with Crippen molar-refractivity contribution in [2.24, 2.45) is 5.92 Å². The number of piperazine rings is 1. The van der Waals surface area contributed by atoms with Crippen molar-refractivity contribution in [2.45, 2.75) is 59.0 Å². The second-order valence-electron chi connectivity index (χ2n) is 7.42. The number of para-hydroxylation sites is 1. The van der Waals surface area contributed by atoms with Crippen LogP contribution in [-0.2, 0) is 0 Å². The number of nitrogens with one attached hydrogen (secondary N) is 1. The molecule has 2 nitrogen and oxygen atoms in total. The van der Waals surface area contributed by atoms with Gasteiger partial charge in [-0.25, -0.2) is 0 Å². The minimum atomic E-state index is 0.176. The molecule has 0 radical (unpaired) electrons. The SMILES string of the molecule is CC(C)c1ccccc1N1CC(C)(C)NCC1C(C)C. The lowest BCUT2D eigenvalue weighted by atomic mass is 9.90. The van der Waals surface area contributed by atoms with Gasteiger partial charge in [0.25, 0.3) is 0 Å². The van der Waals surface area contributed by atoms with E-state index in [0.717, 1.165) is 13.1 Å². The Balaban J connectivity index is 2.40. The summed E-state index contributed by atoms with van der Waals surface area (Å²) in [7, 11) is 0. The van der Waals surface area contributed by atoms with E-state index in [9.17, 15) is 0 Å². The van der Waals surface area contributed by atoms with Gasteiger partial charge in [-0.15, -0.1) is 0 Å². The fourth-order valence-corrected chi connectivity index (χ4v) is 3.19. The van der Waals surface area contributed by atoms with E-state index in [1.54, 1.807) is 0 Å². The van der Waals surface area contributed by atoms with Gasteiger partial charge in [0.1, 0.15) is 0 Å². The Hall–Kier alpha value is -1.02. The maximum Gasteiger partial charge on any atom is 0.0438 e. The Labute approximate surface area is 124 Å². The van der Waals surface area contributed by atoms with Gasteiger partial charge >= 0.3 is 0 Å². The molecular weight excluding hydrogens is 244 g/mol. The maximum atomic E-state index is 3.70. The van der Waals surface area contributed by atoms with Gasteiger partial charge in [0.15, 0.2) is 0 Å². The molecular formula is C18H30N2. The summed E-state index contributed by atoms with van der Waals surface area (Å²) in [5.74, 6) is 1.22. The maximum absolute atomic E-state index is 3.70. The molecule has 1 aromatic rings. The summed E-state index contributed by atoms with van der Waals surface area (Å²) >= 11 is 0. The summed E-state index contributed by atoms with van der Waals surface area (Å²) in [4.78, 5) is 2.64. The van der Waals surface area contributed by atoms with Crippen LogP contribution >= 0.6 is 0 Å². The summed E-state index contributed by atoms with van der Waals surface area (Å²) in [6.07, 6.45) is 0. The van der Waals surface area contributed by atoms with Gasteiger partial charge in [-0.1, -0.05) is 45.9 Å². The van der Waals surface area contributed by atoms with E-state index < -0.39 is 0 Å². The lowest BCUT2D eigenvalue weighted by molar-refractivity contribution is 0.276. The van der Waals surface area contributed by atoms with Crippen molar-refractivity contribution in [1.82, 2.24) is 5.32 Å². The molecule has 20 heavy (non-hydrogen) atoms. The molecule has 0 aromatic heterocycles. The van der Waals surface area contributed by atoms with Gasteiger partial charge in [-0.05, 0) is 37.3 Å². The Kier molecular flexibility index (Phi) is 4.43. The number of hydrogen-bond donors (Lipinski definition) is 1. The molecule has 1 saturated heterocycles. The van der Waals surface area contributed by atoms with Crippen molar-refractivity contribution in [3.63, 3.8) is 0 Å². The highest BCUT2D eigenvalue weighted by molar-refractivity contribution is 5.56. The first-order valence-electron chi connectivity index (χ1n) is 7.92. The zero-order valence-corrected chi connectivity index (χ0v) is 13.9. The minimum Gasteiger partial charge on any atom is -0.365 e. The third-order valence-corrected chi connectivity index (χ3v) is 4.39. The first kappa shape index (κ1) is 15.4. The van der Waals surface area contributed by atoms with E-state index in [4.69, 9.17) is 0 Å². The molecule has 1 N–H and O–H groups in total. The van der Waals surface area contributed by atoms with Crippen molar-refractivity contribution in [3.8, 4) is 0 Å². The van der Waals surface area contributed by atoms with Crippen molar-refractivity contribution in [1.29, 1.82) is 0 Å². The summed E-state index contributed by atoms with van der Waals surface area (Å²) in [5.41, 5.74) is 3.07. The predicted octanol–water partition coefficient (Wildman–Crippen LogP) is 4.02. The summed E-state index contributed by atoms with van der Waals surface area (Å²) in [5, 5.41) is 3.70. The monoisotopic (exact) mass is 274 g/mol. The molecule has 0 aliphatic carbocycles. The molecule has 0 spiro atoms. The lowest BCUT2D eigenvalue weighted by Gasteiger charge is -2.48. The van der Waals surface area contributed by atoms with Crippen LogP contribution < -0.4 is 10.2 Å². The van der Waals surface area contributed by atoms with Crippen LogP contribution in [0.2, 0.25) is 0 Å². The molecule has 1 aliphatic heterocycles. The molecule has 1 fully saturated rings. The van der Waals surface area contributed by atoms with E-state index in [1.165, 1.54) is 11.3 Å². The van der Waals surface area contributed by atoms with Gasteiger partial charge in [-0.2, -0.15) is 0 Å². The zero-order valence-electron chi connectivity index (χ0n) is 13.9. The van der Waals surface area contributed by atoms with Crippen molar-refractivity contribution >= 4 is 5.69 Å². The molecule has 112 valence electrons. The topological polar surface area (TPSA) is 15.3 Å². The molecule has 1 aliphatic rings. The molecule has 1 heterocycles. The van der Waals surface area contributed by atoms with Crippen LogP contribution in [0.3, 0.4) is 0 Å². The zero-order chi connectivity index (χ0) is 14.9. The Morgan fingerprint density at radius 2 is 1.80 bits per heavy atom. The number of rotatable bonds is 3. The number of benzene rings is 1. The number of nitrogens with zero attached hydrogens (tertiary/aromatic N) is 1. The second-order valence-corrected chi connectivity index (χ2v) is 7.42. The molecule has 0 bridgehead atoms. The van der Waals surface area contributed by atoms with Gasteiger partial charge in [-0.3, -0.25) is 0 Å². The van der Waals surface area contributed by atoms with Gasteiger partial charge in [0.05, 0.1) is 0 Å². The Morgan fingerprint density at radius 3 is 2.40 bits per heavy atom. The lowest BCUT2D eigenvalue weighted by Crippen LogP contribution is -2.63. The van der Waals surface area contributed by atoms with Crippen molar-refractivity contribution < 1.29 is 0 Å². The average molecular weight is 274 g/mol. The number of anilines is 1. The average Bonchev–Trinajstić information content (AvgIpc) is 2.37. The molecule has 1 unspecified atom stereocenters. The Bertz CT molecular complexity index is 448.